The fourth-order valence-corrected chi connectivity index (χ4v) is 2.97. The average Bonchev–Trinajstić information content (AvgIpc) is 2.76. The van der Waals surface area contributed by atoms with Crippen LogP contribution in [0.3, 0.4) is 0 Å². The number of aliphatic imine (C=N–C) groups is 1. The van der Waals surface area contributed by atoms with Crippen LogP contribution >= 0.6 is 24.8 Å². The molecule has 30 heavy (non-hydrogen) atoms. The molecule has 0 aliphatic carbocycles. The van der Waals surface area contributed by atoms with E-state index in [4.69, 9.17) is 5.14 Å². The molecule has 0 amide bonds. The predicted molar refractivity (Wildman–Crippen MR) is 141 cm³/mol. The molecule has 1 heterocycles. The lowest BCUT2D eigenvalue weighted by Crippen LogP contribution is -2.46. The van der Waals surface area contributed by atoms with Crippen molar-refractivity contribution in [2.24, 2.45) is 10.1 Å². The van der Waals surface area contributed by atoms with Gasteiger partial charge in [0.05, 0.1) is 12.0 Å². The fraction of sp³-hybridized carbons (Fsp3) is 0.435. The van der Waals surface area contributed by atoms with Gasteiger partial charge in [0.15, 0.2) is 0 Å². The van der Waals surface area contributed by atoms with E-state index >= 15 is 0 Å². The zero-order chi connectivity index (χ0) is 22.2. The Bertz CT molecular complexity index is 695. The third-order valence-corrected chi connectivity index (χ3v) is 4.47. The smallest absolute Gasteiger partial charge is 0.0995 e. The van der Waals surface area contributed by atoms with Gasteiger partial charge in [0.25, 0.3) is 0 Å². The van der Waals surface area contributed by atoms with Crippen LogP contribution in [-0.4, -0.2) is 38.3 Å². The normalized spacial score (nSPS) is 13.3. The van der Waals surface area contributed by atoms with Gasteiger partial charge in [-0.25, -0.2) is 4.99 Å². The van der Waals surface area contributed by atoms with Crippen LogP contribution in [0, 0.1) is 6.92 Å². The number of hydrogen-bond acceptors (Lipinski definition) is 6. The molecule has 0 bridgehead atoms. The first-order valence-electron chi connectivity index (χ1n) is 10.5. The zero-order valence-electron chi connectivity index (χ0n) is 18.7. The van der Waals surface area contributed by atoms with Crippen molar-refractivity contribution in [3.63, 3.8) is 0 Å². The molecular weight excluding hydrogens is 410 g/mol. The lowest BCUT2D eigenvalue weighted by Gasteiger charge is -2.37. The molecule has 166 valence electrons. The summed E-state index contributed by atoms with van der Waals surface area (Å²) in [5, 5.41) is 5.28. The Balaban J connectivity index is 0.000000672. The van der Waals surface area contributed by atoms with Gasteiger partial charge >= 0.3 is 0 Å². The van der Waals surface area contributed by atoms with Crippen LogP contribution in [0.5, 0.6) is 0 Å². The topological polar surface area (TPSA) is 56.9 Å². The van der Waals surface area contributed by atoms with Gasteiger partial charge in [-0.2, -0.15) is 12.6 Å². The zero-order valence-corrected chi connectivity index (χ0v) is 20.4. The van der Waals surface area contributed by atoms with Gasteiger partial charge in [-0.3, -0.25) is 5.14 Å². The van der Waals surface area contributed by atoms with Gasteiger partial charge in [0.2, 0.25) is 0 Å². The SMILES string of the molecule is CCC.CCS.Cc1ccc(N2CCN(c3ccc(N=CNSN)cc3)CC2)cc1. The number of thiol groups is 1. The second-order valence-corrected chi connectivity index (χ2v) is 7.95. The molecule has 3 N–H and O–H groups in total. The number of piperazine rings is 1. The summed E-state index contributed by atoms with van der Waals surface area (Å²) >= 11 is 4.82. The van der Waals surface area contributed by atoms with Gasteiger partial charge in [-0.15, -0.1) is 0 Å². The Hall–Kier alpha value is -1.83. The highest BCUT2D eigenvalue weighted by molar-refractivity contribution is 7.95. The summed E-state index contributed by atoms with van der Waals surface area (Å²) in [5.41, 5.74) is 4.79. The van der Waals surface area contributed by atoms with E-state index < -0.39 is 0 Å². The highest BCUT2D eigenvalue weighted by Crippen LogP contribution is 2.23. The van der Waals surface area contributed by atoms with Crippen LogP contribution in [-0.2, 0) is 0 Å². The number of aryl methyl sites for hydroxylation is 1. The summed E-state index contributed by atoms with van der Waals surface area (Å²) in [5.74, 6) is 0.944. The Kier molecular flexibility index (Phi) is 13.9. The van der Waals surface area contributed by atoms with Gasteiger partial charge in [0, 0.05) is 49.7 Å². The Labute approximate surface area is 192 Å². The van der Waals surface area contributed by atoms with Crippen LogP contribution in [0.4, 0.5) is 17.1 Å². The molecule has 2 aromatic carbocycles. The van der Waals surface area contributed by atoms with Gasteiger partial charge in [0.1, 0.15) is 0 Å². The van der Waals surface area contributed by atoms with E-state index in [9.17, 15) is 0 Å². The third kappa shape index (κ3) is 9.78. The number of nitrogens with one attached hydrogen (secondary N) is 1. The first kappa shape index (κ1) is 26.2. The van der Waals surface area contributed by atoms with E-state index in [0.29, 0.717) is 0 Å². The number of nitrogens with two attached hydrogens (primary N) is 1. The largest absolute Gasteiger partial charge is 0.368 e. The maximum atomic E-state index is 5.28. The predicted octanol–water partition coefficient (Wildman–Crippen LogP) is 5.45. The lowest BCUT2D eigenvalue weighted by atomic mass is 10.2. The monoisotopic (exact) mass is 447 g/mol. The molecule has 0 radical (unpaired) electrons. The van der Waals surface area contributed by atoms with E-state index in [2.05, 4.69) is 89.3 Å². The Morgan fingerprint density at radius 2 is 1.33 bits per heavy atom. The van der Waals surface area contributed by atoms with Crippen molar-refractivity contribution in [1.29, 1.82) is 0 Å². The first-order valence-corrected chi connectivity index (χ1v) is 12.0. The minimum Gasteiger partial charge on any atom is -0.368 e. The van der Waals surface area contributed by atoms with Crippen LogP contribution in [0.1, 0.15) is 32.8 Å². The van der Waals surface area contributed by atoms with Gasteiger partial charge in [-0.1, -0.05) is 44.9 Å². The number of benzene rings is 2. The summed E-state index contributed by atoms with van der Waals surface area (Å²) < 4.78 is 2.79. The molecule has 0 saturated carbocycles. The molecule has 1 aliphatic heterocycles. The van der Waals surface area contributed by atoms with Crippen LogP contribution in [0.25, 0.3) is 0 Å². The second-order valence-electron chi connectivity index (χ2n) is 6.84. The van der Waals surface area contributed by atoms with E-state index in [0.717, 1.165) is 49.8 Å². The van der Waals surface area contributed by atoms with Crippen LogP contribution < -0.4 is 19.7 Å². The highest BCUT2D eigenvalue weighted by atomic mass is 32.2. The number of nitrogens with zero attached hydrogens (tertiary/aromatic N) is 3. The molecule has 3 rings (SSSR count). The standard InChI is InChI=1S/C18H23N5S.C3H8.C2H6S/c1-15-2-6-17(7-3-15)22-10-12-23(13-11-22)18-8-4-16(5-9-18)20-14-21-24-19;1-3-2;1-2-3/h2-9,14H,10-13,19H2,1H3,(H,20,21);3H2,1-2H3;3H,2H2,1H3. The molecule has 2 aromatic rings. The van der Waals surface area contributed by atoms with Crippen molar-refractivity contribution in [2.75, 3.05) is 41.7 Å². The quantitative estimate of drug-likeness (QED) is 0.246. The molecule has 0 spiro atoms. The molecule has 0 atom stereocenters. The molecule has 0 aromatic heterocycles. The number of rotatable bonds is 5. The minimum atomic E-state index is 0.915. The molecule has 1 saturated heterocycles. The summed E-state index contributed by atoms with van der Waals surface area (Å²) in [4.78, 5) is 9.15. The van der Waals surface area contributed by atoms with Crippen LogP contribution in [0.15, 0.2) is 53.5 Å². The third-order valence-electron chi connectivity index (χ3n) is 4.23. The Morgan fingerprint density at radius 3 is 1.73 bits per heavy atom. The highest BCUT2D eigenvalue weighted by Gasteiger charge is 2.17. The molecule has 7 heteroatoms. The molecule has 5 nitrogen and oxygen atoms in total. The summed E-state index contributed by atoms with van der Waals surface area (Å²) in [6.07, 6.45) is 2.85. The lowest BCUT2D eigenvalue weighted by molar-refractivity contribution is 0.653. The molecular formula is C23H37N5S2. The summed E-state index contributed by atoms with van der Waals surface area (Å²) in [6, 6.07) is 17.1. The van der Waals surface area contributed by atoms with Gasteiger partial charge < -0.3 is 14.5 Å². The molecule has 1 aliphatic rings. The molecule has 1 fully saturated rings. The van der Waals surface area contributed by atoms with E-state index in [-0.39, 0.29) is 0 Å². The average molecular weight is 448 g/mol. The van der Waals surface area contributed by atoms with Gasteiger partial charge in [-0.05, 0) is 49.1 Å². The van der Waals surface area contributed by atoms with Crippen molar-refractivity contribution in [2.45, 2.75) is 34.1 Å². The summed E-state index contributed by atoms with van der Waals surface area (Å²) in [7, 11) is 0. The maximum absolute atomic E-state index is 5.28. The Morgan fingerprint density at radius 1 is 0.933 bits per heavy atom. The van der Waals surface area contributed by atoms with Crippen molar-refractivity contribution < 1.29 is 0 Å². The van der Waals surface area contributed by atoms with Crippen molar-refractivity contribution in [3.05, 3.63) is 54.1 Å². The van der Waals surface area contributed by atoms with E-state index in [1.807, 2.05) is 19.1 Å². The van der Waals surface area contributed by atoms with E-state index in [1.165, 1.54) is 23.4 Å². The maximum Gasteiger partial charge on any atom is 0.0995 e. The number of hydrogen-bond donors (Lipinski definition) is 3. The molecule has 0 unspecified atom stereocenters. The van der Waals surface area contributed by atoms with E-state index in [1.54, 1.807) is 6.34 Å². The van der Waals surface area contributed by atoms with Crippen molar-refractivity contribution in [3.8, 4) is 0 Å². The summed E-state index contributed by atoms with van der Waals surface area (Å²) in [6.45, 7) is 12.5. The second kappa shape index (κ2) is 15.9. The van der Waals surface area contributed by atoms with Crippen molar-refractivity contribution in [1.82, 2.24) is 4.72 Å². The first-order chi connectivity index (χ1) is 14.6. The minimum absolute atomic E-state index is 0.915. The number of anilines is 2. The van der Waals surface area contributed by atoms with Crippen LogP contribution in [0.2, 0.25) is 0 Å². The fourth-order valence-electron chi connectivity index (χ4n) is 2.86. The van der Waals surface area contributed by atoms with Crippen molar-refractivity contribution >= 4 is 48.2 Å².